The number of nitro groups is 1. The molecule has 0 unspecified atom stereocenters. The first-order valence-corrected chi connectivity index (χ1v) is 6.96. The summed E-state index contributed by atoms with van der Waals surface area (Å²) in [6.07, 6.45) is 1.05. The zero-order valence-corrected chi connectivity index (χ0v) is 12.4. The number of aromatic nitrogens is 1. The second-order valence-corrected chi connectivity index (χ2v) is 5.66. The van der Waals surface area contributed by atoms with Crippen molar-refractivity contribution in [1.29, 1.82) is 0 Å². The molecule has 1 N–H and O–H groups in total. The first-order chi connectivity index (χ1) is 9.88. The maximum atomic E-state index is 11.0. The van der Waals surface area contributed by atoms with E-state index in [9.17, 15) is 14.9 Å². The summed E-state index contributed by atoms with van der Waals surface area (Å²) in [7, 11) is 0. The molecule has 1 aromatic heterocycles. The number of hydrogen-bond donors (Lipinski definition) is 1. The van der Waals surface area contributed by atoms with Crippen molar-refractivity contribution in [2.45, 2.75) is 9.92 Å². The topological polar surface area (TPSA) is 93.3 Å². The predicted molar refractivity (Wildman–Crippen MR) is 78.4 cm³/mol. The first kappa shape index (κ1) is 15.6. The highest BCUT2D eigenvalue weighted by Crippen LogP contribution is 2.38. The van der Waals surface area contributed by atoms with E-state index in [0.29, 0.717) is 14.9 Å². The second kappa shape index (κ2) is 6.30. The molecule has 2 aromatic rings. The van der Waals surface area contributed by atoms with Crippen molar-refractivity contribution in [3.8, 4) is 0 Å². The van der Waals surface area contributed by atoms with Crippen molar-refractivity contribution < 1.29 is 14.8 Å². The molecule has 1 aromatic carbocycles. The standard InChI is InChI=1S/C12H6Cl2N2O4S/c13-7-1-2-8(14)10(4-7)21-11-9(16(19)20)3-6(5-15-11)12(17)18/h1-5H,(H,17,18). The lowest BCUT2D eigenvalue weighted by molar-refractivity contribution is -0.388. The van der Waals surface area contributed by atoms with E-state index in [1.165, 1.54) is 0 Å². The Morgan fingerprint density at radius 2 is 2.05 bits per heavy atom. The lowest BCUT2D eigenvalue weighted by atomic mass is 10.3. The van der Waals surface area contributed by atoms with Gasteiger partial charge in [0.2, 0.25) is 0 Å². The monoisotopic (exact) mass is 344 g/mol. The Balaban J connectivity index is 2.46. The van der Waals surface area contributed by atoms with Crippen LogP contribution < -0.4 is 0 Å². The van der Waals surface area contributed by atoms with Crippen LogP contribution in [0.25, 0.3) is 0 Å². The number of carboxylic acids is 1. The number of rotatable bonds is 4. The molecule has 0 spiro atoms. The highest BCUT2D eigenvalue weighted by Gasteiger charge is 2.20. The average Bonchev–Trinajstić information content (AvgIpc) is 2.42. The van der Waals surface area contributed by atoms with Gasteiger partial charge in [0.25, 0.3) is 0 Å². The van der Waals surface area contributed by atoms with Crippen LogP contribution >= 0.6 is 35.0 Å². The summed E-state index contributed by atoms with van der Waals surface area (Å²) in [5.41, 5.74) is -0.667. The zero-order valence-electron chi connectivity index (χ0n) is 10.1. The summed E-state index contributed by atoms with van der Waals surface area (Å²) in [4.78, 5) is 25.5. The highest BCUT2D eigenvalue weighted by molar-refractivity contribution is 7.99. The number of halogens is 2. The van der Waals surface area contributed by atoms with Gasteiger partial charge in [0.05, 0.1) is 15.5 Å². The molecule has 0 saturated heterocycles. The van der Waals surface area contributed by atoms with Crippen molar-refractivity contribution in [3.05, 3.63) is 56.2 Å². The van der Waals surface area contributed by atoms with Crippen LogP contribution in [-0.2, 0) is 0 Å². The van der Waals surface area contributed by atoms with Crippen molar-refractivity contribution in [1.82, 2.24) is 4.98 Å². The third-order valence-electron chi connectivity index (χ3n) is 2.38. The molecule has 21 heavy (non-hydrogen) atoms. The molecule has 1 heterocycles. The van der Waals surface area contributed by atoms with Crippen LogP contribution in [0.2, 0.25) is 10.0 Å². The molecule has 0 atom stereocenters. The van der Waals surface area contributed by atoms with E-state index in [0.717, 1.165) is 24.0 Å². The summed E-state index contributed by atoms with van der Waals surface area (Å²) >= 11 is 12.8. The molecule has 0 radical (unpaired) electrons. The molecule has 0 aliphatic carbocycles. The van der Waals surface area contributed by atoms with Crippen LogP contribution in [0.5, 0.6) is 0 Å². The van der Waals surface area contributed by atoms with Gasteiger partial charge in [0.1, 0.15) is 0 Å². The molecule has 0 fully saturated rings. The summed E-state index contributed by atoms with van der Waals surface area (Å²) in [5, 5.41) is 20.7. The van der Waals surface area contributed by atoms with Gasteiger partial charge in [-0.25, -0.2) is 9.78 Å². The molecule has 108 valence electrons. The SMILES string of the molecule is O=C(O)c1cnc(Sc2cc(Cl)ccc2Cl)c([N+](=O)[O-])c1. The molecular weight excluding hydrogens is 339 g/mol. The fourth-order valence-corrected chi connectivity index (χ4v) is 2.80. The summed E-state index contributed by atoms with van der Waals surface area (Å²) in [6, 6.07) is 5.65. The van der Waals surface area contributed by atoms with E-state index in [2.05, 4.69) is 4.98 Å². The largest absolute Gasteiger partial charge is 0.478 e. The van der Waals surface area contributed by atoms with Gasteiger partial charge in [-0.15, -0.1) is 0 Å². The Kier molecular flexibility index (Phi) is 4.66. The van der Waals surface area contributed by atoms with E-state index in [1.807, 2.05) is 0 Å². The normalized spacial score (nSPS) is 10.4. The third-order valence-corrected chi connectivity index (χ3v) is 4.12. The Bertz CT molecular complexity index is 739. The van der Waals surface area contributed by atoms with Crippen LogP contribution in [0, 0.1) is 10.1 Å². The lowest BCUT2D eigenvalue weighted by Gasteiger charge is -2.05. The lowest BCUT2D eigenvalue weighted by Crippen LogP contribution is -2.01. The molecule has 0 aliphatic heterocycles. The maximum Gasteiger partial charge on any atom is 0.337 e. The molecule has 0 bridgehead atoms. The van der Waals surface area contributed by atoms with Crippen molar-refractivity contribution in [2.75, 3.05) is 0 Å². The number of aromatic carboxylic acids is 1. The van der Waals surface area contributed by atoms with Crippen LogP contribution in [0.4, 0.5) is 5.69 Å². The van der Waals surface area contributed by atoms with Gasteiger partial charge in [0.15, 0.2) is 5.03 Å². The van der Waals surface area contributed by atoms with Gasteiger partial charge in [-0.3, -0.25) is 10.1 Å². The molecule has 0 aliphatic rings. The fourth-order valence-electron chi connectivity index (χ4n) is 1.43. The van der Waals surface area contributed by atoms with E-state index < -0.39 is 16.6 Å². The third kappa shape index (κ3) is 3.63. The van der Waals surface area contributed by atoms with Crippen molar-refractivity contribution in [2.24, 2.45) is 0 Å². The minimum atomic E-state index is -1.29. The highest BCUT2D eigenvalue weighted by atomic mass is 35.5. The van der Waals surface area contributed by atoms with E-state index in [-0.39, 0.29) is 10.6 Å². The molecular formula is C12H6Cl2N2O4S. The van der Waals surface area contributed by atoms with Gasteiger partial charge in [0, 0.05) is 22.2 Å². The number of carbonyl (C=O) groups is 1. The average molecular weight is 345 g/mol. The van der Waals surface area contributed by atoms with Crippen molar-refractivity contribution >= 4 is 46.6 Å². The molecule has 6 nitrogen and oxygen atoms in total. The second-order valence-electron chi connectivity index (χ2n) is 3.79. The van der Waals surface area contributed by atoms with Crippen LogP contribution in [-0.4, -0.2) is 21.0 Å². The van der Waals surface area contributed by atoms with E-state index in [1.54, 1.807) is 18.2 Å². The van der Waals surface area contributed by atoms with Crippen molar-refractivity contribution in [3.63, 3.8) is 0 Å². The van der Waals surface area contributed by atoms with Gasteiger partial charge in [-0.05, 0) is 18.2 Å². The van der Waals surface area contributed by atoms with E-state index >= 15 is 0 Å². The van der Waals surface area contributed by atoms with Gasteiger partial charge < -0.3 is 5.11 Å². The van der Waals surface area contributed by atoms with Crippen LogP contribution in [0.15, 0.2) is 40.4 Å². The Morgan fingerprint density at radius 1 is 1.33 bits per heavy atom. The quantitative estimate of drug-likeness (QED) is 0.661. The van der Waals surface area contributed by atoms with E-state index in [4.69, 9.17) is 28.3 Å². The minimum absolute atomic E-state index is 0.0363. The Hall–Kier alpha value is -1.83. The van der Waals surface area contributed by atoms with Gasteiger partial charge >= 0.3 is 11.7 Å². The maximum absolute atomic E-state index is 11.0. The van der Waals surface area contributed by atoms with Crippen LogP contribution in [0.3, 0.4) is 0 Å². The molecule has 9 heteroatoms. The molecule has 0 saturated carbocycles. The fraction of sp³-hybridized carbons (Fsp3) is 0. The summed E-state index contributed by atoms with van der Waals surface area (Å²) in [5.74, 6) is -1.29. The zero-order chi connectivity index (χ0) is 15.6. The Labute approximate surface area is 132 Å². The number of hydrogen-bond acceptors (Lipinski definition) is 5. The van der Waals surface area contributed by atoms with Gasteiger partial charge in [-0.2, -0.15) is 0 Å². The number of carboxylic acid groups (broad SMARTS) is 1. The van der Waals surface area contributed by atoms with Crippen LogP contribution in [0.1, 0.15) is 10.4 Å². The number of pyridine rings is 1. The molecule has 0 amide bonds. The number of benzene rings is 1. The smallest absolute Gasteiger partial charge is 0.337 e. The minimum Gasteiger partial charge on any atom is -0.478 e. The predicted octanol–water partition coefficient (Wildman–Crippen LogP) is 4.15. The number of nitrogens with zero attached hydrogens (tertiary/aromatic N) is 2. The first-order valence-electron chi connectivity index (χ1n) is 5.39. The van der Waals surface area contributed by atoms with Gasteiger partial charge in [-0.1, -0.05) is 35.0 Å². The summed E-state index contributed by atoms with van der Waals surface area (Å²) < 4.78 is 0. The molecule has 2 rings (SSSR count). The Morgan fingerprint density at radius 3 is 2.67 bits per heavy atom. The summed E-state index contributed by atoms with van der Waals surface area (Å²) in [6.45, 7) is 0.